The van der Waals surface area contributed by atoms with Gasteiger partial charge in [0.25, 0.3) is 4.18 Å². The third kappa shape index (κ3) is 52.0. The van der Waals surface area contributed by atoms with Crippen molar-refractivity contribution >= 4 is 46.6 Å². The van der Waals surface area contributed by atoms with Gasteiger partial charge in [-0.15, -0.1) is 0 Å². The van der Waals surface area contributed by atoms with Crippen LogP contribution in [0, 0.1) is 0 Å². The van der Waals surface area contributed by atoms with Crippen LogP contribution in [0.4, 0.5) is 0 Å². The molecule has 0 aromatic heterocycles. The Morgan fingerprint density at radius 1 is 1.00 bits per heavy atom. The highest BCUT2D eigenvalue weighted by atomic mass is 127. The van der Waals surface area contributed by atoms with Gasteiger partial charge in [0, 0.05) is 0 Å². The first-order chi connectivity index (χ1) is 4.91. The Bertz CT molecular complexity index is 142. The molecule has 11 heavy (non-hydrogen) atoms. The quantitative estimate of drug-likeness (QED) is 0.409. The predicted octanol–water partition coefficient (Wildman–Crippen LogP) is 3.69. The van der Waals surface area contributed by atoms with E-state index in [2.05, 4.69) is 13.8 Å². The molecule has 0 spiro atoms. The van der Waals surface area contributed by atoms with Crippen molar-refractivity contribution in [2.45, 2.75) is 39.5 Å². The molecule has 0 amide bonds. The maximum atomic E-state index is 9.61. The zero-order chi connectivity index (χ0) is 9.33. The topological polar surface area (TPSA) is 34.1 Å². The van der Waals surface area contributed by atoms with E-state index in [9.17, 15) is 8.42 Å². The second-order valence-electron chi connectivity index (χ2n) is 2.09. The van der Waals surface area contributed by atoms with Crippen molar-refractivity contribution in [1.29, 1.82) is 0 Å². The fraction of sp³-hybridized carbons (Fsp3) is 1.00. The smallest absolute Gasteiger partial charge is 0.208 e. The van der Waals surface area contributed by atoms with Crippen LogP contribution in [0.2, 0.25) is 0 Å². The summed E-state index contributed by atoms with van der Waals surface area (Å²) in [5.41, 5.74) is 0. The average Bonchev–Trinajstić information content (AvgIpc) is 1.79. The van der Waals surface area contributed by atoms with Crippen molar-refractivity contribution in [2.75, 3.05) is 0 Å². The number of hydrogen-bond donors (Lipinski definition) is 0. The SMILES string of the molecule is CCCCCC.O=S(=O)(I)I. The lowest BCUT2D eigenvalue weighted by Gasteiger charge is -1.86. The van der Waals surface area contributed by atoms with Crippen LogP contribution in [0.25, 0.3) is 0 Å². The lowest BCUT2D eigenvalue weighted by Crippen LogP contribution is -1.66. The third-order valence-corrected chi connectivity index (χ3v) is 0.957. The molecule has 0 unspecified atom stereocenters. The molecule has 0 aliphatic heterocycles. The molecule has 0 radical (unpaired) electrons. The van der Waals surface area contributed by atoms with Gasteiger partial charge in [-0.25, -0.2) is 8.42 Å². The lowest BCUT2D eigenvalue weighted by atomic mass is 10.2. The van der Waals surface area contributed by atoms with Crippen LogP contribution in [0.15, 0.2) is 0 Å². The largest absolute Gasteiger partial charge is 0.255 e. The molecule has 0 aliphatic carbocycles. The van der Waals surface area contributed by atoms with Crippen LogP contribution < -0.4 is 0 Å². The Morgan fingerprint density at radius 3 is 1.27 bits per heavy atom. The van der Waals surface area contributed by atoms with Gasteiger partial charge in [0.1, 0.15) is 0 Å². The summed E-state index contributed by atoms with van der Waals surface area (Å²) in [6, 6.07) is 0. The molecule has 2 nitrogen and oxygen atoms in total. The van der Waals surface area contributed by atoms with Crippen molar-refractivity contribution in [1.82, 2.24) is 0 Å². The summed E-state index contributed by atoms with van der Waals surface area (Å²) in [6.45, 7) is 4.46. The van der Waals surface area contributed by atoms with Crippen molar-refractivity contribution in [3.63, 3.8) is 0 Å². The Morgan fingerprint density at radius 2 is 1.18 bits per heavy atom. The molecule has 0 aromatic rings. The third-order valence-electron chi connectivity index (χ3n) is 0.957. The van der Waals surface area contributed by atoms with E-state index in [4.69, 9.17) is 0 Å². The normalized spacial score (nSPS) is 10.2. The zero-order valence-electron chi connectivity index (χ0n) is 6.81. The molecule has 0 fully saturated rings. The first-order valence-corrected chi connectivity index (χ1v) is 10.1. The van der Waals surface area contributed by atoms with Crippen LogP contribution in [0.1, 0.15) is 39.5 Å². The minimum atomic E-state index is -2.73. The van der Waals surface area contributed by atoms with E-state index in [1.807, 2.05) is 0 Å². The summed E-state index contributed by atoms with van der Waals surface area (Å²) in [5.74, 6) is 0. The molecular weight excluding hydrogens is 390 g/mol. The minimum absolute atomic E-state index is 1.34. The van der Waals surface area contributed by atoms with Crippen LogP contribution in [0.3, 0.4) is 0 Å². The van der Waals surface area contributed by atoms with Gasteiger partial charge in [0.05, 0.1) is 42.4 Å². The minimum Gasteiger partial charge on any atom is -0.208 e. The second kappa shape index (κ2) is 9.50. The van der Waals surface area contributed by atoms with E-state index in [1.54, 1.807) is 0 Å². The van der Waals surface area contributed by atoms with Crippen molar-refractivity contribution < 1.29 is 8.42 Å². The molecule has 0 rings (SSSR count). The van der Waals surface area contributed by atoms with Crippen molar-refractivity contribution in [3.8, 4) is 0 Å². The maximum Gasteiger partial charge on any atom is 0.255 e. The molecular formula is C6H14I2O2S. The Kier molecular flexibility index (Phi) is 12.9. The molecule has 0 heterocycles. The summed E-state index contributed by atoms with van der Waals surface area (Å²) in [6.07, 6.45) is 5.54. The molecule has 0 N–H and O–H groups in total. The Labute approximate surface area is 93.6 Å². The average molecular weight is 404 g/mol. The summed E-state index contributed by atoms with van der Waals surface area (Å²) in [5, 5.41) is 0. The zero-order valence-corrected chi connectivity index (χ0v) is 11.9. The number of rotatable bonds is 3. The van der Waals surface area contributed by atoms with Gasteiger partial charge in [-0.2, -0.15) is 0 Å². The molecule has 0 atom stereocenters. The van der Waals surface area contributed by atoms with Gasteiger partial charge < -0.3 is 0 Å². The van der Waals surface area contributed by atoms with E-state index in [1.165, 1.54) is 68.1 Å². The highest BCUT2D eigenvalue weighted by molar-refractivity contribution is 14.3. The highest BCUT2D eigenvalue weighted by Crippen LogP contribution is 2.08. The monoisotopic (exact) mass is 404 g/mol. The lowest BCUT2D eigenvalue weighted by molar-refractivity contribution is 0.627. The molecule has 0 bridgehead atoms. The summed E-state index contributed by atoms with van der Waals surface area (Å²) in [4.78, 5) is 0. The van der Waals surface area contributed by atoms with E-state index >= 15 is 0 Å². The van der Waals surface area contributed by atoms with Gasteiger partial charge in [0.2, 0.25) is 0 Å². The number of unbranched alkanes of at least 4 members (excludes halogenated alkanes) is 3. The molecule has 0 aliphatic rings. The molecule has 0 aromatic carbocycles. The van der Waals surface area contributed by atoms with E-state index < -0.39 is 4.18 Å². The first kappa shape index (κ1) is 14.9. The van der Waals surface area contributed by atoms with Gasteiger partial charge in [0.15, 0.2) is 0 Å². The van der Waals surface area contributed by atoms with Crippen LogP contribution in [-0.2, 0) is 4.18 Å². The fourth-order valence-corrected chi connectivity index (χ4v) is 0.500. The van der Waals surface area contributed by atoms with Gasteiger partial charge in [-0.3, -0.25) is 0 Å². The summed E-state index contributed by atoms with van der Waals surface area (Å²) in [7, 11) is 0. The molecule has 70 valence electrons. The maximum absolute atomic E-state index is 9.61. The van der Waals surface area contributed by atoms with Crippen LogP contribution in [-0.4, -0.2) is 8.42 Å². The van der Waals surface area contributed by atoms with E-state index in [-0.39, 0.29) is 0 Å². The van der Waals surface area contributed by atoms with E-state index in [0.29, 0.717) is 0 Å². The van der Waals surface area contributed by atoms with Gasteiger partial charge >= 0.3 is 0 Å². The highest BCUT2D eigenvalue weighted by Gasteiger charge is 1.86. The van der Waals surface area contributed by atoms with Gasteiger partial charge in [-0.1, -0.05) is 39.5 Å². The molecule has 5 heteroatoms. The van der Waals surface area contributed by atoms with E-state index in [0.717, 1.165) is 0 Å². The standard InChI is InChI=1S/C6H14.I2O2S/c1-3-5-6-4-2;1-5(2,3)4/h3-6H2,1-2H3;. The molecule has 0 saturated heterocycles. The first-order valence-electron chi connectivity index (χ1n) is 3.56. The molecule has 0 saturated carbocycles. The second-order valence-corrected chi connectivity index (χ2v) is 14.9. The van der Waals surface area contributed by atoms with Crippen LogP contribution >= 0.6 is 42.4 Å². The van der Waals surface area contributed by atoms with Crippen LogP contribution in [0.5, 0.6) is 0 Å². The predicted molar refractivity (Wildman–Crippen MR) is 66.8 cm³/mol. The Hall–Kier alpha value is 1.41. The summed E-state index contributed by atoms with van der Waals surface area (Å²) < 4.78 is 16.5. The summed E-state index contributed by atoms with van der Waals surface area (Å²) >= 11 is 2.67. The van der Waals surface area contributed by atoms with Gasteiger partial charge in [-0.05, 0) is 0 Å². The van der Waals surface area contributed by atoms with Crippen molar-refractivity contribution in [3.05, 3.63) is 0 Å². The Balaban J connectivity index is 0. The fourth-order valence-electron chi connectivity index (χ4n) is 0.500. The number of halogens is 2. The van der Waals surface area contributed by atoms with Crippen molar-refractivity contribution in [2.24, 2.45) is 0 Å². The number of hydrogen-bond acceptors (Lipinski definition) is 2.